The molecule has 0 amide bonds. The lowest BCUT2D eigenvalue weighted by Gasteiger charge is -2.13. The van der Waals surface area contributed by atoms with Crippen molar-refractivity contribution in [2.24, 2.45) is 0 Å². The SMILES string of the molecule is CCc1cccc(C)c1Nc1nccc(NCc2ccccn2)n1. The van der Waals surface area contributed by atoms with Gasteiger partial charge in [0.15, 0.2) is 0 Å². The number of hydrogen-bond acceptors (Lipinski definition) is 5. The summed E-state index contributed by atoms with van der Waals surface area (Å²) >= 11 is 0. The standard InChI is InChI=1S/C19H21N5/c1-3-15-8-6-7-14(2)18(15)24-19-21-12-10-17(23-19)22-13-16-9-4-5-11-20-16/h4-12H,3,13H2,1-2H3,(H2,21,22,23,24). The molecule has 2 heterocycles. The van der Waals surface area contributed by atoms with Crippen LogP contribution in [0.1, 0.15) is 23.7 Å². The van der Waals surface area contributed by atoms with Crippen LogP contribution in [0.25, 0.3) is 0 Å². The van der Waals surface area contributed by atoms with E-state index in [-0.39, 0.29) is 0 Å². The molecular weight excluding hydrogens is 298 g/mol. The maximum Gasteiger partial charge on any atom is 0.229 e. The first-order valence-corrected chi connectivity index (χ1v) is 8.08. The summed E-state index contributed by atoms with van der Waals surface area (Å²) in [6.07, 6.45) is 4.50. The average molecular weight is 319 g/mol. The molecule has 122 valence electrons. The molecular formula is C19H21N5. The third kappa shape index (κ3) is 3.87. The molecule has 24 heavy (non-hydrogen) atoms. The number of nitrogens with zero attached hydrogens (tertiary/aromatic N) is 3. The Morgan fingerprint density at radius 2 is 1.88 bits per heavy atom. The summed E-state index contributed by atoms with van der Waals surface area (Å²) in [5.74, 6) is 1.36. The van der Waals surface area contributed by atoms with Crippen molar-refractivity contribution in [1.29, 1.82) is 0 Å². The van der Waals surface area contributed by atoms with E-state index >= 15 is 0 Å². The zero-order chi connectivity index (χ0) is 16.8. The molecule has 0 spiro atoms. The van der Waals surface area contributed by atoms with E-state index in [2.05, 4.69) is 57.6 Å². The largest absolute Gasteiger partial charge is 0.364 e. The number of aryl methyl sites for hydroxylation is 2. The highest BCUT2D eigenvalue weighted by Gasteiger charge is 2.07. The molecule has 0 unspecified atom stereocenters. The second-order valence-corrected chi connectivity index (χ2v) is 5.53. The fourth-order valence-corrected chi connectivity index (χ4v) is 2.52. The molecule has 0 bridgehead atoms. The molecule has 0 saturated heterocycles. The van der Waals surface area contributed by atoms with E-state index in [1.807, 2.05) is 24.3 Å². The van der Waals surface area contributed by atoms with Gasteiger partial charge in [0.2, 0.25) is 5.95 Å². The number of anilines is 3. The fraction of sp³-hybridized carbons (Fsp3) is 0.211. The summed E-state index contributed by atoms with van der Waals surface area (Å²) in [5, 5.41) is 6.63. The van der Waals surface area contributed by atoms with Crippen LogP contribution in [0.15, 0.2) is 54.9 Å². The third-order valence-electron chi connectivity index (χ3n) is 3.81. The Labute approximate surface area is 142 Å². The first-order valence-electron chi connectivity index (χ1n) is 8.08. The molecule has 1 aromatic carbocycles. The van der Waals surface area contributed by atoms with Crippen molar-refractivity contribution < 1.29 is 0 Å². The highest BCUT2D eigenvalue weighted by Crippen LogP contribution is 2.24. The molecule has 0 aliphatic rings. The van der Waals surface area contributed by atoms with Gasteiger partial charge in [-0.3, -0.25) is 4.98 Å². The van der Waals surface area contributed by atoms with Crippen LogP contribution < -0.4 is 10.6 Å². The van der Waals surface area contributed by atoms with Crippen molar-refractivity contribution in [3.63, 3.8) is 0 Å². The summed E-state index contributed by atoms with van der Waals surface area (Å²) in [7, 11) is 0. The normalized spacial score (nSPS) is 10.4. The Morgan fingerprint density at radius 1 is 0.958 bits per heavy atom. The molecule has 0 fully saturated rings. The van der Waals surface area contributed by atoms with Crippen LogP contribution in [-0.2, 0) is 13.0 Å². The van der Waals surface area contributed by atoms with Gasteiger partial charge >= 0.3 is 0 Å². The van der Waals surface area contributed by atoms with Gasteiger partial charge in [0.25, 0.3) is 0 Å². The molecule has 3 aromatic rings. The maximum atomic E-state index is 4.54. The van der Waals surface area contributed by atoms with Gasteiger partial charge in [-0.25, -0.2) is 4.98 Å². The van der Waals surface area contributed by atoms with Crippen LogP contribution in [0.5, 0.6) is 0 Å². The van der Waals surface area contributed by atoms with Crippen molar-refractivity contribution in [1.82, 2.24) is 15.0 Å². The van der Waals surface area contributed by atoms with E-state index < -0.39 is 0 Å². The highest BCUT2D eigenvalue weighted by molar-refractivity contribution is 5.63. The van der Waals surface area contributed by atoms with E-state index in [0.29, 0.717) is 12.5 Å². The number of aromatic nitrogens is 3. The van der Waals surface area contributed by atoms with E-state index in [9.17, 15) is 0 Å². The van der Waals surface area contributed by atoms with Crippen molar-refractivity contribution >= 4 is 17.5 Å². The Hall–Kier alpha value is -2.95. The predicted octanol–water partition coefficient (Wildman–Crippen LogP) is 4.10. The number of para-hydroxylation sites is 1. The number of benzene rings is 1. The number of nitrogens with one attached hydrogen (secondary N) is 2. The molecule has 0 aliphatic carbocycles. The molecule has 0 radical (unpaired) electrons. The first kappa shape index (κ1) is 15.9. The quantitative estimate of drug-likeness (QED) is 0.716. The molecule has 0 atom stereocenters. The van der Waals surface area contributed by atoms with Crippen LogP contribution in [0, 0.1) is 6.92 Å². The van der Waals surface area contributed by atoms with Gasteiger partial charge in [-0.15, -0.1) is 0 Å². The van der Waals surface area contributed by atoms with Crippen LogP contribution >= 0.6 is 0 Å². The molecule has 3 rings (SSSR count). The molecule has 0 saturated carbocycles. The molecule has 5 nitrogen and oxygen atoms in total. The summed E-state index contributed by atoms with van der Waals surface area (Å²) < 4.78 is 0. The lowest BCUT2D eigenvalue weighted by molar-refractivity contribution is 1.02. The minimum absolute atomic E-state index is 0.588. The van der Waals surface area contributed by atoms with Crippen molar-refractivity contribution in [3.8, 4) is 0 Å². The van der Waals surface area contributed by atoms with Crippen molar-refractivity contribution in [2.75, 3.05) is 10.6 Å². The van der Waals surface area contributed by atoms with Gasteiger partial charge in [0.05, 0.1) is 12.2 Å². The van der Waals surface area contributed by atoms with Crippen molar-refractivity contribution in [2.45, 2.75) is 26.8 Å². The van der Waals surface area contributed by atoms with Gasteiger partial charge in [0.1, 0.15) is 5.82 Å². The molecule has 2 N–H and O–H groups in total. The monoisotopic (exact) mass is 319 g/mol. The number of hydrogen-bond donors (Lipinski definition) is 2. The summed E-state index contributed by atoms with van der Waals surface area (Å²) in [6, 6.07) is 14.0. The van der Waals surface area contributed by atoms with Gasteiger partial charge in [0, 0.05) is 18.1 Å². The topological polar surface area (TPSA) is 62.7 Å². The second kappa shape index (κ2) is 7.55. The van der Waals surface area contributed by atoms with E-state index in [4.69, 9.17) is 0 Å². The number of rotatable bonds is 6. The van der Waals surface area contributed by atoms with Crippen LogP contribution in [0.2, 0.25) is 0 Å². The Balaban J connectivity index is 1.74. The molecule has 2 aromatic heterocycles. The maximum absolute atomic E-state index is 4.54. The zero-order valence-electron chi connectivity index (χ0n) is 14.0. The lowest BCUT2D eigenvalue weighted by Crippen LogP contribution is -2.06. The van der Waals surface area contributed by atoms with Gasteiger partial charge < -0.3 is 10.6 Å². The Kier molecular flexibility index (Phi) is 5.01. The second-order valence-electron chi connectivity index (χ2n) is 5.53. The fourth-order valence-electron chi connectivity index (χ4n) is 2.52. The Morgan fingerprint density at radius 3 is 2.67 bits per heavy atom. The number of pyridine rings is 1. The summed E-state index contributed by atoms with van der Waals surface area (Å²) in [6.45, 7) is 4.86. The minimum Gasteiger partial charge on any atom is -0.364 e. The van der Waals surface area contributed by atoms with Crippen LogP contribution in [0.4, 0.5) is 17.5 Å². The van der Waals surface area contributed by atoms with Crippen molar-refractivity contribution in [3.05, 3.63) is 71.7 Å². The van der Waals surface area contributed by atoms with Crippen LogP contribution in [0.3, 0.4) is 0 Å². The molecule has 0 aliphatic heterocycles. The Bertz CT molecular complexity index is 802. The first-order chi connectivity index (χ1) is 11.8. The summed E-state index contributed by atoms with van der Waals surface area (Å²) in [4.78, 5) is 13.2. The zero-order valence-corrected chi connectivity index (χ0v) is 14.0. The van der Waals surface area contributed by atoms with Gasteiger partial charge in [-0.2, -0.15) is 4.98 Å². The minimum atomic E-state index is 0.588. The van der Waals surface area contributed by atoms with E-state index in [0.717, 1.165) is 23.6 Å². The van der Waals surface area contributed by atoms with Crippen LogP contribution in [-0.4, -0.2) is 15.0 Å². The van der Waals surface area contributed by atoms with E-state index in [1.165, 1.54) is 11.1 Å². The van der Waals surface area contributed by atoms with Gasteiger partial charge in [-0.05, 0) is 42.7 Å². The third-order valence-corrected chi connectivity index (χ3v) is 3.81. The van der Waals surface area contributed by atoms with Gasteiger partial charge in [-0.1, -0.05) is 31.2 Å². The average Bonchev–Trinajstić information content (AvgIpc) is 2.63. The smallest absolute Gasteiger partial charge is 0.229 e. The summed E-state index contributed by atoms with van der Waals surface area (Å²) in [5.41, 5.74) is 4.50. The lowest BCUT2D eigenvalue weighted by atomic mass is 10.1. The highest BCUT2D eigenvalue weighted by atomic mass is 15.1. The molecule has 5 heteroatoms. The predicted molar refractivity (Wildman–Crippen MR) is 97.4 cm³/mol. The van der Waals surface area contributed by atoms with E-state index in [1.54, 1.807) is 12.4 Å².